The van der Waals surface area contributed by atoms with E-state index in [9.17, 15) is 5.11 Å². The van der Waals surface area contributed by atoms with Crippen LogP contribution in [0.4, 0.5) is 0 Å². The lowest BCUT2D eigenvalue weighted by Crippen LogP contribution is -2.23. The molecule has 0 amide bonds. The molecule has 1 saturated heterocycles. The first-order valence-corrected chi connectivity index (χ1v) is 5.20. The molecule has 1 aliphatic heterocycles. The van der Waals surface area contributed by atoms with Crippen LogP contribution in [0.5, 0.6) is 0 Å². The van der Waals surface area contributed by atoms with Crippen molar-refractivity contribution in [1.82, 2.24) is 0 Å². The molecule has 0 spiro atoms. The van der Waals surface area contributed by atoms with Crippen LogP contribution < -0.4 is 0 Å². The zero-order valence-corrected chi connectivity index (χ0v) is 8.62. The summed E-state index contributed by atoms with van der Waals surface area (Å²) in [4.78, 5) is 0. The lowest BCUT2D eigenvalue weighted by molar-refractivity contribution is -0.0370. The van der Waals surface area contributed by atoms with Crippen molar-refractivity contribution < 1.29 is 14.6 Å². The van der Waals surface area contributed by atoms with Crippen LogP contribution in [-0.2, 0) is 14.6 Å². The van der Waals surface area contributed by atoms with Crippen molar-refractivity contribution in [2.75, 3.05) is 13.2 Å². The highest BCUT2D eigenvalue weighted by Crippen LogP contribution is 2.12. The zero-order chi connectivity index (χ0) is 10.4. The third-order valence-electron chi connectivity index (χ3n) is 2.29. The van der Waals surface area contributed by atoms with Crippen LogP contribution in [0.1, 0.15) is 32.6 Å². The van der Waals surface area contributed by atoms with Gasteiger partial charge in [0.2, 0.25) is 0 Å². The monoisotopic (exact) mass is 200 g/mol. The minimum absolute atomic E-state index is 0.213. The van der Waals surface area contributed by atoms with Crippen LogP contribution in [-0.4, -0.2) is 31.3 Å². The van der Waals surface area contributed by atoms with E-state index in [1.165, 1.54) is 0 Å². The first-order chi connectivity index (χ1) is 6.74. The molecule has 0 aromatic rings. The maximum atomic E-state index is 11.4. The molecular formula is C10H18NO3. The Hall–Kier alpha value is -0.450. The number of unbranched alkanes of at least 4 members (excludes halogenated alkanes) is 1. The van der Waals surface area contributed by atoms with E-state index >= 15 is 0 Å². The second-order valence-corrected chi connectivity index (χ2v) is 3.53. The van der Waals surface area contributed by atoms with E-state index in [4.69, 9.17) is 14.9 Å². The molecule has 0 saturated carbocycles. The van der Waals surface area contributed by atoms with E-state index in [1.807, 2.05) is 6.92 Å². The SMILES string of the molecule is CCCCC([O])C(=N)CC1OCCO1. The Morgan fingerprint density at radius 2 is 2.14 bits per heavy atom. The van der Waals surface area contributed by atoms with Crippen molar-refractivity contribution in [3.63, 3.8) is 0 Å². The van der Waals surface area contributed by atoms with Gasteiger partial charge in [-0.1, -0.05) is 19.8 Å². The first-order valence-electron chi connectivity index (χ1n) is 5.20. The Kier molecular flexibility index (Phi) is 5.07. The fourth-order valence-corrected chi connectivity index (χ4v) is 1.40. The van der Waals surface area contributed by atoms with Gasteiger partial charge in [0.25, 0.3) is 0 Å². The minimum atomic E-state index is -0.872. The normalized spacial score (nSPS) is 19.9. The number of rotatable bonds is 6. The molecule has 4 heteroatoms. The zero-order valence-electron chi connectivity index (χ0n) is 8.62. The third-order valence-corrected chi connectivity index (χ3v) is 2.29. The van der Waals surface area contributed by atoms with E-state index in [0.29, 0.717) is 26.1 Å². The average Bonchev–Trinajstić information content (AvgIpc) is 2.66. The van der Waals surface area contributed by atoms with Gasteiger partial charge in [0, 0.05) is 12.1 Å². The molecule has 0 aromatic heterocycles. The van der Waals surface area contributed by atoms with Crippen molar-refractivity contribution in [1.29, 1.82) is 5.41 Å². The first kappa shape index (κ1) is 11.6. The van der Waals surface area contributed by atoms with Gasteiger partial charge in [-0.25, -0.2) is 5.11 Å². The highest BCUT2D eigenvalue weighted by molar-refractivity contribution is 5.85. The molecule has 1 fully saturated rings. The molecular weight excluding hydrogens is 182 g/mol. The molecule has 1 heterocycles. The van der Waals surface area contributed by atoms with Crippen LogP contribution in [0.3, 0.4) is 0 Å². The van der Waals surface area contributed by atoms with E-state index in [1.54, 1.807) is 0 Å². The summed E-state index contributed by atoms with van der Waals surface area (Å²) in [5.74, 6) is 0. The summed E-state index contributed by atoms with van der Waals surface area (Å²) in [6, 6.07) is 0. The predicted octanol–water partition coefficient (Wildman–Crippen LogP) is 1.76. The summed E-state index contributed by atoms with van der Waals surface area (Å²) in [5.41, 5.74) is 0.213. The fourth-order valence-electron chi connectivity index (χ4n) is 1.40. The van der Waals surface area contributed by atoms with E-state index in [0.717, 1.165) is 12.8 Å². The molecule has 81 valence electrons. The summed E-state index contributed by atoms with van der Waals surface area (Å²) in [6.07, 6.45) is 1.56. The van der Waals surface area contributed by atoms with Crippen LogP contribution in [0.2, 0.25) is 0 Å². The molecule has 1 radical (unpaired) electrons. The molecule has 1 N–H and O–H groups in total. The molecule has 1 unspecified atom stereocenters. The minimum Gasteiger partial charge on any atom is -0.350 e. The van der Waals surface area contributed by atoms with E-state index < -0.39 is 6.10 Å². The molecule has 0 aromatic carbocycles. The highest BCUT2D eigenvalue weighted by atomic mass is 16.7. The number of nitrogens with one attached hydrogen (secondary N) is 1. The molecule has 14 heavy (non-hydrogen) atoms. The van der Waals surface area contributed by atoms with Crippen molar-refractivity contribution in [3.8, 4) is 0 Å². The molecule has 1 rings (SSSR count). The summed E-state index contributed by atoms with van der Waals surface area (Å²) in [7, 11) is 0. The van der Waals surface area contributed by atoms with Gasteiger partial charge in [-0.05, 0) is 6.42 Å². The second kappa shape index (κ2) is 6.11. The van der Waals surface area contributed by atoms with Gasteiger partial charge < -0.3 is 14.9 Å². The van der Waals surface area contributed by atoms with E-state index in [2.05, 4.69) is 0 Å². The van der Waals surface area contributed by atoms with Gasteiger partial charge in [-0.15, -0.1) is 0 Å². The molecule has 0 bridgehead atoms. The predicted molar refractivity (Wildman–Crippen MR) is 52.0 cm³/mol. The maximum absolute atomic E-state index is 11.4. The third kappa shape index (κ3) is 3.74. The van der Waals surface area contributed by atoms with Crippen molar-refractivity contribution >= 4 is 5.71 Å². The summed E-state index contributed by atoms with van der Waals surface area (Å²) in [6.45, 7) is 3.20. The Bertz CT molecular complexity index is 178. The van der Waals surface area contributed by atoms with Crippen LogP contribution in [0.15, 0.2) is 0 Å². The van der Waals surface area contributed by atoms with Gasteiger partial charge in [0.15, 0.2) is 6.29 Å². The van der Waals surface area contributed by atoms with Crippen molar-refractivity contribution in [2.45, 2.75) is 45.0 Å². The van der Waals surface area contributed by atoms with Gasteiger partial charge in [-0.2, -0.15) is 0 Å². The average molecular weight is 200 g/mol. The molecule has 4 nitrogen and oxygen atoms in total. The Morgan fingerprint density at radius 1 is 1.50 bits per heavy atom. The van der Waals surface area contributed by atoms with Gasteiger partial charge in [0.05, 0.1) is 13.2 Å². The standard InChI is InChI=1S/C10H18NO3/c1-2-3-4-9(12)8(11)7-10-13-5-6-14-10/h9-11H,2-7H2,1H3. The summed E-state index contributed by atoms with van der Waals surface area (Å²) in [5, 5.41) is 19.0. The van der Waals surface area contributed by atoms with Gasteiger partial charge in [0.1, 0.15) is 6.10 Å². The number of hydrogen-bond acceptors (Lipinski definition) is 3. The van der Waals surface area contributed by atoms with Gasteiger partial charge >= 0.3 is 0 Å². The Morgan fingerprint density at radius 3 is 2.71 bits per heavy atom. The maximum Gasteiger partial charge on any atom is 0.163 e. The highest BCUT2D eigenvalue weighted by Gasteiger charge is 2.21. The van der Waals surface area contributed by atoms with Crippen LogP contribution >= 0.6 is 0 Å². The number of hydrogen-bond donors (Lipinski definition) is 1. The van der Waals surface area contributed by atoms with Crippen molar-refractivity contribution in [3.05, 3.63) is 0 Å². The van der Waals surface area contributed by atoms with Crippen LogP contribution in [0.25, 0.3) is 0 Å². The Labute approximate surface area is 84.7 Å². The van der Waals surface area contributed by atoms with Crippen molar-refractivity contribution in [2.24, 2.45) is 0 Å². The second-order valence-electron chi connectivity index (χ2n) is 3.53. The number of ether oxygens (including phenoxy) is 2. The summed E-state index contributed by atoms with van der Waals surface area (Å²) < 4.78 is 10.4. The van der Waals surface area contributed by atoms with E-state index in [-0.39, 0.29) is 12.0 Å². The fraction of sp³-hybridized carbons (Fsp3) is 0.900. The largest absolute Gasteiger partial charge is 0.350 e. The topological polar surface area (TPSA) is 62.2 Å². The van der Waals surface area contributed by atoms with Gasteiger partial charge in [-0.3, -0.25) is 0 Å². The summed E-state index contributed by atoms with van der Waals surface area (Å²) >= 11 is 0. The smallest absolute Gasteiger partial charge is 0.163 e. The Balaban J connectivity index is 2.18. The molecule has 1 atom stereocenters. The van der Waals surface area contributed by atoms with Crippen LogP contribution in [0, 0.1) is 5.41 Å². The lowest BCUT2D eigenvalue weighted by atomic mass is 10.1. The molecule has 1 aliphatic rings. The lowest BCUT2D eigenvalue weighted by Gasteiger charge is -2.13. The quantitative estimate of drug-likeness (QED) is 0.664. The molecule has 0 aliphatic carbocycles.